The van der Waals surface area contributed by atoms with Gasteiger partial charge in [-0.1, -0.05) is 48.5 Å². The third-order valence-corrected chi connectivity index (χ3v) is 6.92. The van der Waals surface area contributed by atoms with Crippen LogP contribution in [-0.2, 0) is 0 Å². The van der Waals surface area contributed by atoms with Gasteiger partial charge < -0.3 is 9.13 Å². The molecule has 2 heterocycles. The van der Waals surface area contributed by atoms with E-state index in [0.29, 0.717) is 11.4 Å². The van der Waals surface area contributed by atoms with E-state index in [9.17, 15) is 0 Å². The molecule has 4 nitrogen and oxygen atoms in total. The second-order valence-corrected chi connectivity index (χ2v) is 8.85. The number of fused-ring (bicyclic) bond motifs is 6. The molecule has 0 amide bonds. The highest BCUT2D eigenvalue weighted by atomic mass is 15.0. The highest BCUT2D eigenvalue weighted by Crippen LogP contribution is 2.38. The first-order chi connectivity index (χ1) is 17.8. The molecule has 0 saturated heterocycles. The van der Waals surface area contributed by atoms with E-state index in [1.807, 2.05) is 42.5 Å². The van der Waals surface area contributed by atoms with Gasteiger partial charge in [0.2, 0.25) is 0 Å². The monoisotopic (exact) mass is 458 g/mol. The van der Waals surface area contributed by atoms with Gasteiger partial charge in [-0.3, -0.25) is 0 Å². The van der Waals surface area contributed by atoms with Crippen LogP contribution in [-0.4, -0.2) is 9.13 Å². The van der Waals surface area contributed by atoms with Crippen molar-refractivity contribution in [3.63, 3.8) is 0 Å². The summed E-state index contributed by atoms with van der Waals surface area (Å²) in [6, 6.07) is 37.2. The average Bonchev–Trinajstić information content (AvgIpc) is 3.45. The summed E-state index contributed by atoms with van der Waals surface area (Å²) < 4.78 is 4.55. The Balaban J connectivity index is 1.57. The van der Waals surface area contributed by atoms with Crippen LogP contribution in [0.3, 0.4) is 0 Å². The first-order valence-electron chi connectivity index (χ1n) is 11.7. The smallest absolute Gasteiger partial charge is 0.188 e. The molecule has 0 N–H and O–H groups in total. The maximum absolute atomic E-state index is 7.48. The number of hydrogen-bond donors (Lipinski definition) is 0. The topological polar surface area (TPSA) is 18.6 Å². The zero-order valence-electron chi connectivity index (χ0n) is 19.2. The summed E-state index contributed by atoms with van der Waals surface area (Å²) in [5.74, 6) is 0. The standard InChI is InChI=1S/C32H18N4/c1-33-21-12-15-30-26(18-21)27-19-22(34-2)13-16-31(27)36(30)24-14-17-32-28(20-24)25-10-6-7-11-29(25)35(32)23-8-4-3-5-9-23/h3-20H. The minimum Gasteiger partial charge on any atom is -0.309 e. The Morgan fingerprint density at radius 2 is 0.917 bits per heavy atom. The summed E-state index contributed by atoms with van der Waals surface area (Å²) in [5.41, 5.74) is 7.72. The van der Waals surface area contributed by atoms with Crippen molar-refractivity contribution in [3.05, 3.63) is 132 Å². The Bertz CT molecular complexity index is 1990. The van der Waals surface area contributed by atoms with Gasteiger partial charge in [-0.25, -0.2) is 9.69 Å². The van der Waals surface area contributed by atoms with Crippen LogP contribution < -0.4 is 0 Å². The zero-order valence-corrected chi connectivity index (χ0v) is 19.2. The highest BCUT2D eigenvalue weighted by Gasteiger charge is 2.16. The van der Waals surface area contributed by atoms with E-state index in [2.05, 4.69) is 85.6 Å². The van der Waals surface area contributed by atoms with E-state index < -0.39 is 0 Å². The fourth-order valence-corrected chi connectivity index (χ4v) is 5.37. The average molecular weight is 459 g/mol. The van der Waals surface area contributed by atoms with E-state index in [0.717, 1.165) is 38.7 Å². The lowest BCUT2D eigenvalue weighted by molar-refractivity contribution is 1.17. The van der Waals surface area contributed by atoms with Gasteiger partial charge in [0.05, 0.1) is 35.2 Å². The number of hydrogen-bond acceptors (Lipinski definition) is 0. The predicted molar refractivity (Wildman–Crippen MR) is 148 cm³/mol. The Morgan fingerprint density at radius 3 is 1.56 bits per heavy atom. The lowest BCUT2D eigenvalue weighted by Gasteiger charge is -2.10. The third-order valence-electron chi connectivity index (χ3n) is 6.92. The van der Waals surface area contributed by atoms with Gasteiger partial charge in [-0.05, 0) is 71.4 Å². The van der Waals surface area contributed by atoms with E-state index >= 15 is 0 Å². The SMILES string of the molecule is [C-]#[N+]c1ccc2c(c1)c1cc([N+]#[C-])ccc1n2-c1ccc2c(c1)c1ccccc1n2-c1ccccc1. The van der Waals surface area contributed by atoms with E-state index in [1.54, 1.807) is 0 Å². The van der Waals surface area contributed by atoms with Gasteiger partial charge >= 0.3 is 0 Å². The molecule has 0 radical (unpaired) electrons. The molecule has 36 heavy (non-hydrogen) atoms. The van der Waals surface area contributed by atoms with Crippen molar-refractivity contribution < 1.29 is 0 Å². The molecule has 7 rings (SSSR count). The van der Waals surface area contributed by atoms with Gasteiger partial charge in [0.1, 0.15) is 0 Å². The summed E-state index contributed by atoms with van der Waals surface area (Å²) in [4.78, 5) is 7.27. The Morgan fingerprint density at radius 1 is 0.417 bits per heavy atom. The van der Waals surface area contributed by atoms with Crippen molar-refractivity contribution in [2.75, 3.05) is 0 Å². The molecular weight excluding hydrogens is 440 g/mol. The van der Waals surface area contributed by atoms with Gasteiger partial charge in [-0.2, -0.15) is 0 Å². The molecule has 0 unspecified atom stereocenters. The van der Waals surface area contributed by atoms with Gasteiger partial charge in [0.15, 0.2) is 11.4 Å². The van der Waals surface area contributed by atoms with Crippen LogP contribution in [0, 0.1) is 13.1 Å². The van der Waals surface area contributed by atoms with Crippen molar-refractivity contribution in [2.24, 2.45) is 0 Å². The number of nitrogens with zero attached hydrogens (tertiary/aromatic N) is 4. The molecule has 2 aromatic heterocycles. The number of para-hydroxylation sites is 2. The fraction of sp³-hybridized carbons (Fsp3) is 0. The first kappa shape index (κ1) is 20.1. The van der Waals surface area contributed by atoms with Crippen molar-refractivity contribution >= 4 is 55.0 Å². The van der Waals surface area contributed by atoms with Crippen LogP contribution in [0.4, 0.5) is 11.4 Å². The molecule has 166 valence electrons. The van der Waals surface area contributed by atoms with E-state index in [1.165, 1.54) is 16.3 Å². The second-order valence-electron chi connectivity index (χ2n) is 8.85. The molecular formula is C32H18N4. The molecule has 7 aromatic rings. The number of rotatable bonds is 2. The Kier molecular flexibility index (Phi) is 4.24. The maximum Gasteiger partial charge on any atom is 0.188 e. The maximum atomic E-state index is 7.48. The van der Waals surface area contributed by atoms with Crippen LogP contribution in [0.1, 0.15) is 0 Å². The van der Waals surface area contributed by atoms with Crippen LogP contribution in [0.5, 0.6) is 0 Å². The summed E-state index contributed by atoms with van der Waals surface area (Å²) in [5, 5.41) is 4.34. The molecule has 0 fully saturated rings. The van der Waals surface area contributed by atoms with Crippen LogP contribution in [0.25, 0.3) is 64.7 Å². The van der Waals surface area contributed by atoms with E-state index in [4.69, 9.17) is 13.1 Å². The third kappa shape index (κ3) is 2.79. The van der Waals surface area contributed by atoms with Crippen molar-refractivity contribution in [1.82, 2.24) is 9.13 Å². The molecule has 4 heteroatoms. The molecule has 0 bridgehead atoms. The predicted octanol–water partition coefficient (Wildman–Crippen LogP) is 8.98. The van der Waals surface area contributed by atoms with Crippen molar-refractivity contribution in [3.8, 4) is 11.4 Å². The molecule has 0 aliphatic heterocycles. The number of benzene rings is 5. The van der Waals surface area contributed by atoms with Crippen LogP contribution in [0.2, 0.25) is 0 Å². The number of aromatic nitrogens is 2. The highest BCUT2D eigenvalue weighted by molar-refractivity contribution is 6.13. The summed E-state index contributed by atoms with van der Waals surface area (Å²) in [6.07, 6.45) is 0. The van der Waals surface area contributed by atoms with Gasteiger partial charge in [0, 0.05) is 22.1 Å². The molecule has 5 aromatic carbocycles. The molecule has 0 atom stereocenters. The normalized spacial score (nSPS) is 11.3. The first-order valence-corrected chi connectivity index (χ1v) is 11.7. The molecule has 0 spiro atoms. The van der Waals surface area contributed by atoms with Crippen molar-refractivity contribution in [1.29, 1.82) is 0 Å². The summed E-state index contributed by atoms with van der Waals surface area (Å²) in [6.45, 7) is 15.0. The lowest BCUT2D eigenvalue weighted by atomic mass is 10.1. The Hall–Kier alpha value is -5.32. The van der Waals surface area contributed by atoms with Crippen LogP contribution >= 0.6 is 0 Å². The van der Waals surface area contributed by atoms with Gasteiger partial charge in [0.25, 0.3) is 0 Å². The van der Waals surface area contributed by atoms with Crippen LogP contribution in [0.15, 0.2) is 109 Å². The Labute approximate surface area is 207 Å². The lowest BCUT2D eigenvalue weighted by Crippen LogP contribution is -1.95. The zero-order chi connectivity index (χ0) is 24.2. The quantitative estimate of drug-likeness (QED) is 0.230. The minimum absolute atomic E-state index is 0.594. The minimum atomic E-state index is 0.594. The summed E-state index contributed by atoms with van der Waals surface area (Å²) >= 11 is 0. The van der Waals surface area contributed by atoms with Gasteiger partial charge in [-0.15, -0.1) is 0 Å². The molecule has 0 aliphatic carbocycles. The molecule has 0 aliphatic rings. The summed E-state index contributed by atoms with van der Waals surface area (Å²) in [7, 11) is 0. The fourth-order valence-electron chi connectivity index (χ4n) is 5.37. The second kappa shape index (κ2) is 7.60. The van der Waals surface area contributed by atoms with Crippen molar-refractivity contribution in [2.45, 2.75) is 0 Å². The molecule has 0 saturated carbocycles. The van der Waals surface area contributed by atoms with E-state index in [-0.39, 0.29) is 0 Å². The largest absolute Gasteiger partial charge is 0.309 e.